The molecular weight excluding hydrogens is 368 g/mol. The van der Waals surface area contributed by atoms with Gasteiger partial charge in [0.2, 0.25) is 0 Å². The highest BCUT2D eigenvalue weighted by Crippen LogP contribution is 2.19. The Bertz CT molecular complexity index is 765. The molecule has 0 atom stereocenters. The summed E-state index contributed by atoms with van der Waals surface area (Å²) in [5.74, 6) is 0.179. The standard InChI is InChI=1S/C12H10BrNO3S.C3H3N/c1-9-2-5-11(6-3-9)18(15,16)17-10-4-7-12(13)14-8-10;1-2-4-3-1/h2-8H,1H3;1-3H. The second-order valence-electron chi connectivity index (χ2n) is 4.31. The first kappa shape index (κ1) is 16.4. The summed E-state index contributed by atoms with van der Waals surface area (Å²) in [4.78, 5) is 7.63. The molecule has 0 radical (unpaired) electrons. The summed E-state index contributed by atoms with van der Waals surface area (Å²) in [5.41, 5.74) is 0.985. The Morgan fingerprint density at radius 1 is 1.09 bits per heavy atom. The number of nitrogens with zero attached hydrogens (tertiary/aromatic N) is 2. The molecule has 7 heteroatoms. The van der Waals surface area contributed by atoms with Crippen LogP contribution < -0.4 is 4.18 Å². The van der Waals surface area contributed by atoms with Crippen molar-refractivity contribution in [2.45, 2.75) is 11.8 Å². The summed E-state index contributed by atoms with van der Waals surface area (Å²) in [5, 5.41) is 0. The van der Waals surface area contributed by atoms with Crippen LogP contribution in [0.3, 0.4) is 0 Å². The van der Waals surface area contributed by atoms with Gasteiger partial charge in [-0.05, 0) is 53.2 Å². The first-order valence-corrected chi connectivity index (χ1v) is 8.48. The second kappa shape index (κ2) is 7.33. The van der Waals surface area contributed by atoms with Gasteiger partial charge in [0.1, 0.15) is 9.50 Å². The maximum Gasteiger partial charge on any atom is 0.339 e. The monoisotopic (exact) mass is 380 g/mol. The van der Waals surface area contributed by atoms with E-state index < -0.39 is 10.1 Å². The van der Waals surface area contributed by atoms with E-state index >= 15 is 0 Å². The van der Waals surface area contributed by atoms with E-state index in [9.17, 15) is 8.42 Å². The lowest BCUT2D eigenvalue weighted by Crippen LogP contribution is -2.09. The Morgan fingerprint density at radius 2 is 1.68 bits per heavy atom. The molecule has 1 aromatic heterocycles. The van der Waals surface area contributed by atoms with E-state index in [-0.39, 0.29) is 10.6 Å². The highest BCUT2D eigenvalue weighted by atomic mass is 79.9. The van der Waals surface area contributed by atoms with Crippen LogP contribution in [-0.4, -0.2) is 19.6 Å². The molecule has 1 aromatic carbocycles. The van der Waals surface area contributed by atoms with Crippen molar-refractivity contribution < 1.29 is 12.6 Å². The van der Waals surface area contributed by atoms with Crippen molar-refractivity contribution in [3.05, 3.63) is 65.0 Å². The third-order valence-electron chi connectivity index (χ3n) is 2.56. The van der Waals surface area contributed by atoms with Gasteiger partial charge in [-0.25, -0.2) is 4.98 Å². The van der Waals surface area contributed by atoms with Crippen LogP contribution in [-0.2, 0) is 10.1 Å². The zero-order chi connectivity index (χ0) is 16.0. The van der Waals surface area contributed by atoms with Crippen LogP contribution in [0.25, 0.3) is 0 Å². The third kappa shape index (κ3) is 4.78. The first-order chi connectivity index (χ1) is 10.5. The molecule has 0 bridgehead atoms. The van der Waals surface area contributed by atoms with Crippen LogP contribution >= 0.6 is 15.9 Å². The summed E-state index contributed by atoms with van der Waals surface area (Å²) < 4.78 is 29.5. The Labute approximate surface area is 137 Å². The summed E-state index contributed by atoms with van der Waals surface area (Å²) in [6.07, 6.45) is 6.73. The van der Waals surface area contributed by atoms with Gasteiger partial charge in [-0.2, -0.15) is 8.42 Å². The maximum atomic E-state index is 11.9. The van der Waals surface area contributed by atoms with E-state index in [1.54, 1.807) is 30.6 Å². The maximum absolute atomic E-state index is 11.9. The van der Waals surface area contributed by atoms with E-state index in [1.807, 2.05) is 13.0 Å². The molecule has 0 saturated heterocycles. The topological polar surface area (TPSA) is 68.6 Å². The lowest BCUT2D eigenvalue weighted by atomic mass is 10.2. The second-order valence-corrected chi connectivity index (χ2v) is 6.67. The van der Waals surface area contributed by atoms with Gasteiger partial charge in [0, 0.05) is 12.4 Å². The first-order valence-electron chi connectivity index (χ1n) is 6.28. The highest BCUT2D eigenvalue weighted by molar-refractivity contribution is 9.10. The van der Waals surface area contributed by atoms with Crippen LogP contribution in [0, 0.1) is 6.92 Å². The van der Waals surface area contributed by atoms with Crippen LogP contribution in [0.4, 0.5) is 0 Å². The Hall–Kier alpha value is -1.99. The molecule has 0 N–H and O–H groups in total. The molecule has 0 spiro atoms. The van der Waals surface area contributed by atoms with Gasteiger partial charge in [-0.1, -0.05) is 17.7 Å². The van der Waals surface area contributed by atoms with Gasteiger partial charge in [-0.3, -0.25) is 4.99 Å². The average Bonchev–Trinajstić information content (AvgIpc) is 2.40. The minimum absolute atomic E-state index is 0.121. The Morgan fingerprint density at radius 3 is 2.14 bits per heavy atom. The Balaban J connectivity index is 0.000000381. The smallest absolute Gasteiger partial charge is 0.339 e. The third-order valence-corrected chi connectivity index (χ3v) is 4.29. The predicted octanol–water partition coefficient (Wildman–Crippen LogP) is 3.50. The molecule has 1 aliphatic rings. The van der Waals surface area contributed by atoms with Crippen molar-refractivity contribution in [2.75, 3.05) is 0 Å². The van der Waals surface area contributed by atoms with Crippen molar-refractivity contribution in [3.8, 4) is 5.75 Å². The lowest BCUT2D eigenvalue weighted by molar-refractivity contribution is 0.485. The molecule has 5 nitrogen and oxygen atoms in total. The number of pyridine rings is 1. The summed E-state index contributed by atoms with van der Waals surface area (Å²) in [6.45, 7) is 1.88. The van der Waals surface area contributed by atoms with Gasteiger partial charge in [-0.15, -0.1) is 0 Å². The molecule has 0 unspecified atom stereocenters. The van der Waals surface area contributed by atoms with Gasteiger partial charge in [0.25, 0.3) is 0 Å². The fourth-order valence-electron chi connectivity index (χ4n) is 1.38. The van der Waals surface area contributed by atoms with E-state index in [1.165, 1.54) is 24.4 Å². The van der Waals surface area contributed by atoms with Crippen molar-refractivity contribution in [3.63, 3.8) is 0 Å². The Kier molecular flexibility index (Phi) is 5.46. The molecule has 0 amide bonds. The van der Waals surface area contributed by atoms with E-state index in [4.69, 9.17) is 4.18 Å². The molecule has 0 aliphatic carbocycles. The fraction of sp³-hybridized carbons (Fsp3) is 0.0667. The molecule has 2 aromatic rings. The van der Waals surface area contributed by atoms with Crippen LogP contribution in [0.5, 0.6) is 5.75 Å². The van der Waals surface area contributed by atoms with Crippen LogP contribution in [0.15, 0.2) is 69.4 Å². The highest BCUT2D eigenvalue weighted by Gasteiger charge is 2.16. The van der Waals surface area contributed by atoms with Crippen molar-refractivity contribution in [1.29, 1.82) is 0 Å². The quantitative estimate of drug-likeness (QED) is 0.603. The molecule has 22 heavy (non-hydrogen) atoms. The number of benzene rings is 1. The van der Waals surface area contributed by atoms with Crippen molar-refractivity contribution >= 4 is 32.3 Å². The predicted molar refractivity (Wildman–Crippen MR) is 88.6 cm³/mol. The number of aliphatic imine (C=N–C) groups is 1. The molecule has 0 saturated carbocycles. The zero-order valence-corrected chi connectivity index (χ0v) is 14.1. The minimum Gasteiger partial charge on any atom is -0.377 e. The number of halogens is 1. The van der Waals surface area contributed by atoms with Gasteiger partial charge >= 0.3 is 10.1 Å². The summed E-state index contributed by atoms with van der Waals surface area (Å²) in [7, 11) is -3.80. The number of hydrogen-bond donors (Lipinski definition) is 0. The van der Waals surface area contributed by atoms with Gasteiger partial charge < -0.3 is 4.18 Å². The van der Waals surface area contributed by atoms with E-state index in [0.717, 1.165) is 5.56 Å². The lowest BCUT2D eigenvalue weighted by Gasteiger charge is -2.06. The number of hydrogen-bond acceptors (Lipinski definition) is 5. The molecule has 114 valence electrons. The number of aromatic nitrogens is 1. The summed E-state index contributed by atoms with van der Waals surface area (Å²) in [6, 6.07) is 9.60. The number of aryl methyl sites for hydroxylation is 1. The number of allylic oxidation sites excluding steroid dienone is 1. The van der Waals surface area contributed by atoms with E-state index in [2.05, 4.69) is 25.9 Å². The summed E-state index contributed by atoms with van der Waals surface area (Å²) >= 11 is 3.16. The van der Waals surface area contributed by atoms with Gasteiger partial charge in [0.15, 0.2) is 5.75 Å². The molecule has 1 aliphatic heterocycles. The molecular formula is C15H13BrN2O3S. The van der Waals surface area contributed by atoms with Crippen molar-refractivity contribution in [1.82, 2.24) is 4.98 Å². The average molecular weight is 381 g/mol. The normalized spacial score (nSPS) is 12.1. The fourth-order valence-corrected chi connectivity index (χ4v) is 2.53. The van der Waals surface area contributed by atoms with Crippen molar-refractivity contribution in [2.24, 2.45) is 4.99 Å². The molecule has 0 fully saturated rings. The largest absolute Gasteiger partial charge is 0.377 e. The molecule has 2 heterocycles. The van der Waals surface area contributed by atoms with E-state index in [0.29, 0.717) is 4.60 Å². The van der Waals surface area contributed by atoms with Crippen LogP contribution in [0.1, 0.15) is 5.56 Å². The van der Waals surface area contributed by atoms with Gasteiger partial charge in [0.05, 0.1) is 6.20 Å². The van der Waals surface area contributed by atoms with Crippen LogP contribution in [0.2, 0.25) is 0 Å². The molecule has 3 rings (SSSR count). The SMILES string of the molecule is C1=CN=C1.Cc1ccc(S(=O)(=O)Oc2ccc(Br)nc2)cc1. The number of rotatable bonds is 3. The minimum atomic E-state index is -3.80. The zero-order valence-electron chi connectivity index (χ0n) is 11.7.